The molecular weight excluding hydrogens is 733 g/mol. The van der Waals surface area contributed by atoms with Gasteiger partial charge in [0, 0.05) is 37.9 Å². The summed E-state index contributed by atoms with van der Waals surface area (Å²) in [5, 5.41) is 11.4. The van der Waals surface area contributed by atoms with Gasteiger partial charge in [-0.3, -0.25) is 0 Å². The Kier molecular flexibility index (Phi) is 6.98. The average molecular weight is 767 g/mol. The Balaban J connectivity index is 1.15. The summed E-state index contributed by atoms with van der Waals surface area (Å²) in [5.41, 5.74) is 12.1. The summed E-state index contributed by atoms with van der Waals surface area (Å²) >= 11 is 0. The Bertz CT molecular complexity index is 3810. The van der Waals surface area contributed by atoms with Crippen molar-refractivity contribution >= 4 is 104 Å². The van der Waals surface area contributed by atoms with Crippen LogP contribution in [0, 0.1) is 0 Å². The third-order valence-corrected chi connectivity index (χ3v) is 12.3. The van der Waals surface area contributed by atoms with Gasteiger partial charge in [-0.05, 0) is 88.5 Å². The van der Waals surface area contributed by atoms with Crippen LogP contribution < -0.4 is 4.90 Å². The number of aromatic nitrogens is 1. The van der Waals surface area contributed by atoms with Crippen molar-refractivity contribution in [3.05, 3.63) is 206 Å². The number of hydrogen-bond acceptors (Lipinski definition) is 3. The lowest BCUT2D eigenvalue weighted by Gasteiger charge is -2.30. The smallest absolute Gasteiger partial charge is 0.143 e. The van der Waals surface area contributed by atoms with Crippen molar-refractivity contribution in [3.63, 3.8) is 0 Å². The second-order valence-corrected chi connectivity index (χ2v) is 15.6. The molecule has 4 heteroatoms. The van der Waals surface area contributed by atoms with E-state index in [2.05, 4.69) is 216 Å². The van der Waals surface area contributed by atoms with Gasteiger partial charge in [-0.1, -0.05) is 140 Å². The van der Waals surface area contributed by atoms with Crippen molar-refractivity contribution in [2.75, 3.05) is 4.90 Å². The van der Waals surface area contributed by atoms with Gasteiger partial charge < -0.3 is 18.3 Å². The second-order valence-electron chi connectivity index (χ2n) is 15.6. The molecule has 0 saturated carbocycles. The number of rotatable bonds is 5. The molecule has 0 unspecified atom stereocenters. The number of furan rings is 2. The Morgan fingerprint density at radius 1 is 0.333 bits per heavy atom. The molecule has 0 N–H and O–H groups in total. The van der Waals surface area contributed by atoms with Crippen LogP contribution in [-0.4, -0.2) is 4.57 Å². The molecule has 13 rings (SSSR count). The first kappa shape index (κ1) is 32.9. The van der Waals surface area contributed by atoms with Crippen molar-refractivity contribution < 1.29 is 8.83 Å². The normalized spacial score (nSPS) is 12.0. The van der Waals surface area contributed by atoms with Crippen LogP contribution in [0.2, 0.25) is 0 Å². The van der Waals surface area contributed by atoms with Gasteiger partial charge in [0.2, 0.25) is 0 Å². The van der Waals surface area contributed by atoms with E-state index in [0.29, 0.717) is 0 Å². The first-order valence-electron chi connectivity index (χ1n) is 20.4. The van der Waals surface area contributed by atoms with Gasteiger partial charge in [-0.15, -0.1) is 0 Å². The van der Waals surface area contributed by atoms with E-state index in [0.717, 1.165) is 105 Å². The van der Waals surface area contributed by atoms with Crippen molar-refractivity contribution in [2.24, 2.45) is 0 Å². The molecule has 13 aromatic rings. The number of para-hydroxylation sites is 5. The Labute approximate surface area is 344 Å². The number of benzene rings is 10. The number of hydrogen-bond donors (Lipinski definition) is 0. The van der Waals surface area contributed by atoms with E-state index in [1.54, 1.807) is 0 Å². The first-order valence-corrected chi connectivity index (χ1v) is 20.4. The van der Waals surface area contributed by atoms with Gasteiger partial charge in [0.15, 0.2) is 0 Å². The molecule has 10 aromatic carbocycles. The Hall–Kier alpha value is -8.08. The van der Waals surface area contributed by atoms with Crippen LogP contribution in [0.5, 0.6) is 0 Å². The third kappa shape index (κ3) is 4.73. The fraction of sp³-hybridized carbons (Fsp3) is 0. The highest BCUT2D eigenvalue weighted by Gasteiger charge is 2.27. The van der Waals surface area contributed by atoms with Gasteiger partial charge in [0.25, 0.3) is 0 Å². The van der Waals surface area contributed by atoms with E-state index in [4.69, 9.17) is 8.83 Å². The fourth-order valence-electron chi connectivity index (χ4n) is 9.77. The van der Waals surface area contributed by atoms with Crippen LogP contribution in [-0.2, 0) is 0 Å². The summed E-state index contributed by atoms with van der Waals surface area (Å²) in [6, 6.07) is 73.8. The lowest BCUT2D eigenvalue weighted by molar-refractivity contribution is 0.669. The molecule has 0 saturated heterocycles. The molecule has 280 valence electrons. The van der Waals surface area contributed by atoms with Crippen molar-refractivity contribution in [2.45, 2.75) is 0 Å². The second kappa shape index (κ2) is 12.7. The molecule has 0 atom stereocenters. The highest BCUT2D eigenvalue weighted by atomic mass is 16.3. The summed E-state index contributed by atoms with van der Waals surface area (Å²) in [6.45, 7) is 0. The van der Waals surface area contributed by atoms with E-state index < -0.39 is 0 Å². The molecule has 3 aromatic heterocycles. The van der Waals surface area contributed by atoms with Crippen molar-refractivity contribution in [1.29, 1.82) is 0 Å². The van der Waals surface area contributed by atoms with Crippen LogP contribution in [0.25, 0.3) is 104 Å². The van der Waals surface area contributed by atoms with Gasteiger partial charge in [0.05, 0.1) is 39.2 Å². The molecule has 0 radical (unpaired) electrons. The van der Waals surface area contributed by atoms with Crippen LogP contribution in [0.3, 0.4) is 0 Å². The molecule has 0 amide bonds. The molecule has 60 heavy (non-hydrogen) atoms. The minimum atomic E-state index is 0.838. The minimum Gasteiger partial charge on any atom is -0.456 e. The summed E-state index contributed by atoms with van der Waals surface area (Å²) in [7, 11) is 0. The summed E-state index contributed by atoms with van der Waals surface area (Å²) in [4.78, 5) is 2.46. The number of nitrogens with zero attached hydrogens (tertiary/aromatic N) is 2. The quantitative estimate of drug-likeness (QED) is 0.175. The molecule has 0 aliphatic rings. The van der Waals surface area contributed by atoms with Gasteiger partial charge in [-0.25, -0.2) is 0 Å². The fourth-order valence-corrected chi connectivity index (χ4v) is 9.77. The molecule has 4 nitrogen and oxygen atoms in total. The molecule has 0 bridgehead atoms. The van der Waals surface area contributed by atoms with Crippen LogP contribution in [0.15, 0.2) is 215 Å². The molecule has 0 fully saturated rings. The highest BCUT2D eigenvalue weighted by molar-refractivity contribution is 6.21. The Morgan fingerprint density at radius 3 is 1.72 bits per heavy atom. The van der Waals surface area contributed by atoms with Crippen molar-refractivity contribution in [1.82, 2.24) is 4.57 Å². The largest absolute Gasteiger partial charge is 0.456 e. The van der Waals surface area contributed by atoms with E-state index >= 15 is 0 Å². The third-order valence-electron chi connectivity index (χ3n) is 12.3. The van der Waals surface area contributed by atoms with E-state index in [1.165, 1.54) is 16.2 Å². The molecular formula is C56H34N2O2. The van der Waals surface area contributed by atoms with E-state index in [9.17, 15) is 0 Å². The zero-order chi connectivity index (χ0) is 39.3. The average Bonchev–Trinajstić information content (AvgIpc) is 3.99. The maximum Gasteiger partial charge on any atom is 0.143 e. The van der Waals surface area contributed by atoms with E-state index in [1.807, 2.05) is 0 Å². The zero-order valence-corrected chi connectivity index (χ0v) is 32.3. The summed E-state index contributed by atoms with van der Waals surface area (Å²) < 4.78 is 15.9. The number of anilines is 3. The zero-order valence-electron chi connectivity index (χ0n) is 32.3. The summed E-state index contributed by atoms with van der Waals surface area (Å²) in [6.07, 6.45) is 0. The minimum absolute atomic E-state index is 0.838. The van der Waals surface area contributed by atoms with Crippen LogP contribution in [0.4, 0.5) is 17.1 Å². The maximum atomic E-state index is 6.85. The van der Waals surface area contributed by atoms with Crippen LogP contribution >= 0.6 is 0 Å². The van der Waals surface area contributed by atoms with E-state index in [-0.39, 0.29) is 0 Å². The maximum absolute atomic E-state index is 6.85. The topological polar surface area (TPSA) is 34.5 Å². The van der Waals surface area contributed by atoms with Gasteiger partial charge >= 0.3 is 0 Å². The van der Waals surface area contributed by atoms with Crippen LogP contribution in [0.1, 0.15) is 0 Å². The summed E-state index contributed by atoms with van der Waals surface area (Å²) in [5.74, 6) is 0. The monoisotopic (exact) mass is 766 g/mol. The molecule has 3 heterocycles. The molecule has 0 aliphatic carbocycles. The highest BCUT2D eigenvalue weighted by Crippen LogP contribution is 2.50. The lowest BCUT2D eigenvalue weighted by atomic mass is 9.95. The molecule has 0 aliphatic heterocycles. The SMILES string of the molecule is c1ccc(N(c2ccccc2-n2c3ccccc3c3ccccc32)c2cccc3oc4c5ccccc5ccc4c23)c(-c2cccc3oc4cc5ccccc5cc4c23)c1. The Morgan fingerprint density at radius 2 is 0.917 bits per heavy atom. The predicted octanol–water partition coefficient (Wildman–Crippen LogP) is 16.0. The lowest BCUT2D eigenvalue weighted by Crippen LogP contribution is -2.14. The number of fused-ring (bicyclic) bond motifs is 12. The van der Waals surface area contributed by atoms with Crippen molar-refractivity contribution in [3.8, 4) is 16.8 Å². The predicted molar refractivity (Wildman–Crippen MR) is 250 cm³/mol. The first-order chi connectivity index (χ1) is 29.8. The van der Waals surface area contributed by atoms with Gasteiger partial charge in [-0.2, -0.15) is 0 Å². The molecule has 0 spiro atoms. The van der Waals surface area contributed by atoms with Gasteiger partial charge in [0.1, 0.15) is 22.3 Å². The standard InChI is InChI=1S/C56H34N2O2/c1-2-17-37-34-53-44(33-36(37)16-1)54-42(22-13-29-51(54)59-53)41-21-7-10-25-47(41)58(50-28-14-30-52-55(50)43-32-31-35-15-3-4-18-38(35)56(43)60-52)49-27-12-11-26-48(49)57-45-23-8-5-19-39(45)40-20-6-9-24-46(40)57/h1-34H.